The van der Waals surface area contributed by atoms with E-state index in [-0.39, 0.29) is 18.2 Å². The van der Waals surface area contributed by atoms with Gasteiger partial charge in [-0.3, -0.25) is 4.79 Å². The van der Waals surface area contributed by atoms with Crippen LogP contribution in [0.4, 0.5) is 0 Å². The molecule has 0 spiro atoms. The highest BCUT2D eigenvalue weighted by Gasteiger charge is 2.24. The lowest BCUT2D eigenvalue weighted by Crippen LogP contribution is -2.44. The molecule has 0 saturated heterocycles. The summed E-state index contributed by atoms with van der Waals surface area (Å²) in [7, 11) is 0. The van der Waals surface area contributed by atoms with Crippen molar-refractivity contribution in [2.75, 3.05) is 0 Å². The Labute approximate surface area is 129 Å². The molecule has 0 aliphatic heterocycles. The van der Waals surface area contributed by atoms with E-state index in [9.17, 15) is 9.59 Å². The summed E-state index contributed by atoms with van der Waals surface area (Å²) < 4.78 is 5.57. The van der Waals surface area contributed by atoms with Crippen LogP contribution in [0.5, 0.6) is 0 Å². The summed E-state index contributed by atoms with van der Waals surface area (Å²) >= 11 is 0. The van der Waals surface area contributed by atoms with Crippen LogP contribution in [-0.4, -0.2) is 23.0 Å². The van der Waals surface area contributed by atoms with Crippen LogP contribution in [0.2, 0.25) is 0 Å². The SMILES string of the molecule is Cc1ccc2c(CC(=O)N[C@H](C(=O)O)C(C)C)coc2c1C. The molecule has 0 fully saturated rings. The summed E-state index contributed by atoms with van der Waals surface area (Å²) in [5.41, 5.74) is 3.73. The zero-order chi connectivity index (χ0) is 16.4. The van der Waals surface area contributed by atoms with Gasteiger partial charge in [0.05, 0.1) is 12.7 Å². The second-order valence-corrected chi connectivity index (χ2v) is 5.95. The van der Waals surface area contributed by atoms with Gasteiger partial charge in [-0.2, -0.15) is 0 Å². The van der Waals surface area contributed by atoms with Crippen LogP contribution < -0.4 is 5.32 Å². The van der Waals surface area contributed by atoms with Crippen molar-refractivity contribution in [1.82, 2.24) is 5.32 Å². The van der Waals surface area contributed by atoms with E-state index in [1.54, 1.807) is 20.1 Å². The fourth-order valence-electron chi connectivity index (χ4n) is 2.44. The molecule has 1 heterocycles. The summed E-state index contributed by atoms with van der Waals surface area (Å²) in [6.07, 6.45) is 1.67. The molecule has 2 aromatic rings. The molecule has 22 heavy (non-hydrogen) atoms. The van der Waals surface area contributed by atoms with Gasteiger partial charge in [0.15, 0.2) is 0 Å². The second-order valence-electron chi connectivity index (χ2n) is 5.95. The van der Waals surface area contributed by atoms with Crippen molar-refractivity contribution >= 4 is 22.8 Å². The number of aliphatic carboxylic acids is 1. The second kappa shape index (κ2) is 6.22. The molecule has 5 heteroatoms. The van der Waals surface area contributed by atoms with Gasteiger partial charge in [0, 0.05) is 10.9 Å². The Kier molecular flexibility index (Phi) is 4.54. The molecular weight excluding hydrogens is 282 g/mol. The molecule has 0 radical (unpaired) electrons. The largest absolute Gasteiger partial charge is 0.480 e. The normalized spacial score (nSPS) is 12.6. The van der Waals surface area contributed by atoms with Gasteiger partial charge in [-0.15, -0.1) is 0 Å². The number of nitrogens with one attached hydrogen (secondary N) is 1. The van der Waals surface area contributed by atoms with Crippen molar-refractivity contribution in [3.63, 3.8) is 0 Å². The van der Waals surface area contributed by atoms with Crippen molar-refractivity contribution in [1.29, 1.82) is 0 Å². The molecule has 1 aromatic heterocycles. The molecule has 0 bridgehead atoms. The van der Waals surface area contributed by atoms with Crippen molar-refractivity contribution in [2.45, 2.75) is 40.2 Å². The number of carbonyl (C=O) groups is 2. The van der Waals surface area contributed by atoms with Crippen molar-refractivity contribution in [3.05, 3.63) is 35.1 Å². The number of benzene rings is 1. The summed E-state index contributed by atoms with van der Waals surface area (Å²) in [6, 6.07) is 3.04. The van der Waals surface area contributed by atoms with Crippen LogP contribution in [0.25, 0.3) is 11.0 Å². The predicted octanol–water partition coefficient (Wildman–Crippen LogP) is 2.82. The van der Waals surface area contributed by atoms with E-state index in [1.165, 1.54) is 0 Å². The molecule has 1 amide bonds. The van der Waals surface area contributed by atoms with Gasteiger partial charge < -0.3 is 14.8 Å². The Balaban J connectivity index is 2.19. The lowest BCUT2D eigenvalue weighted by molar-refractivity contribution is -0.143. The first kappa shape index (κ1) is 16.1. The third-order valence-corrected chi connectivity index (χ3v) is 3.94. The topological polar surface area (TPSA) is 79.5 Å². The zero-order valence-corrected chi connectivity index (χ0v) is 13.3. The van der Waals surface area contributed by atoms with Gasteiger partial charge in [0.25, 0.3) is 0 Å². The van der Waals surface area contributed by atoms with Crippen LogP contribution in [0.15, 0.2) is 22.8 Å². The molecule has 5 nitrogen and oxygen atoms in total. The molecule has 2 N–H and O–H groups in total. The zero-order valence-electron chi connectivity index (χ0n) is 13.3. The van der Waals surface area contributed by atoms with Gasteiger partial charge in [-0.05, 0) is 30.9 Å². The molecular formula is C17H21NO4. The Morgan fingerprint density at radius 1 is 1.27 bits per heavy atom. The van der Waals surface area contributed by atoms with E-state index in [1.807, 2.05) is 26.0 Å². The molecule has 0 saturated carbocycles. The number of amides is 1. The maximum atomic E-state index is 12.1. The third-order valence-electron chi connectivity index (χ3n) is 3.94. The molecule has 1 aromatic carbocycles. The fraction of sp³-hybridized carbons (Fsp3) is 0.412. The monoisotopic (exact) mass is 303 g/mol. The van der Waals surface area contributed by atoms with Crippen LogP contribution in [0, 0.1) is 19.8 Å². The first-order chi connectivity index (χ1) is 10.3. The minimum absolute atomic E-state index is 0.103. The average Bonchev–Trinajstić information content (AvgIpc) is 2.83. The maximum absolute atomic E-state index is 12.1. The van der Waals surface area contributed by atoms with Gasteiger partial charge in [-0.25, -0.2) is 4.79 Å². The number of furan rings is 1. The van der Waals surface area contributed by atoms with Crippen molar-refractivity contribution in [3.8, 4) is 0 Å². The highest BCUT2D eigenvalue weighted by atomic mass is 16.4. The number of rotatable bonds is 5. The fourth-order valence-corrected chi connectivity index (χ4v) is 2.44. The molecule has 0 aliphatic carbocycles. The van der Waals surface area contributed by atoms with E-state index >= 15 is 0 Å². The van der Waals surface area contributed by atoms with Crippen LogP contribution >= 0.6 is 0 Å². The maximum Gasteiger partial charge on any atom is 0.326 e. The number of carboxylic acids is 1. The first-order valence-corrected chi connectivity index (χ1v) is 7.29. The number of carboxylic acid groups (broad SMARTS) is 1. The molecule has 0 unspecified atom stereocenters. The highest BCUT2D eigenvalue weighted by Crippen LogP contribution is 2.26. The lowest BCUT2D eigenvalue weighted by atomic mass is 10.0. The number of aryl methyl sites for hydroxylation is 2. The Bertz CT molecular complexity index is 715. The van der Waals surface area contributed by atoms with Crippen molar-refractivity contribution < 1.29 is 19.1 Å². The van der Waals surface area contributed by atoms with E-state index in [0.29, 0.717) is 0 Å². The molecule has 2 rings (SSSR count). The molecule has 1 atom stereocenters. The van der Waals surface area contributed by atoms with E-state index in [0.717, 1.165) is 27.7 Å². The smallest absolute Gasteiger partial charge is 0.326 e. The van der Waals surface area contributed by atoms with Gasteiger partial charge >= 0.3 is 5.97 Å². The number of fused-ring (bicyclic) bond motifs is 1. The lowest BCUT2D eigenvalue weighted by Gasteiger charge is -2.17. The van der Waals surface area contributed by atoms with Gasteiger partial charge in [-0.1, -0.05) is 26.0 Å². The highest BCUT2D eigenvalue weighted by molar-refractivity contribution is 5.91. The quantitative estimate of drug-likeness (QED) is 0.890. The Morgan fingerprint density at radius 2 is 1.95 bits per heavy atom. The number of carbonyl (C=O) groups excluding carboxylic acids is 1. The molecule has 0 aliphatic rings. The van der Waals surface area contributed by atoms with E-state index in [2.05, 4.69) is 5.32 Å². The third kappa shape index (κ3) is 3.13. The number of hydrogen-bond donors (Lipinski definition) is 2. The summed E-state index contributed by atoms with van der Waals surface area (Å²) in [5, 5.41) is 12.6. The summed E-state index contributed by atoms with van der Waals surface area (Å²) in [6.45, 7) is 7.50. The first-order valence-electron chi connectivity index (χ1n) is 7.29. The minimum atomic E-state index is -1.02. The van der Waals surface area contributed by atoms with Gasteiger partial charge in [0.2, 0.25) is 5.91 Å². The van der Waals surface area contributed by atoms with E-state index < -0.39 is 12.0 Å². The predicted molar refractivity (Wildman–Crippen MR) is 83.8 cm³/mol. The summed E-state index contributed by atoms with van der Waals surface area (Å²) in [4.78, 5) is 23.2. The Hall–Kier alpha value is -2.30. The molecule has 118 valence electrons. The number of hydrogen-bond acceptors (Lipinski definition) is 3. The summed E-state index contributed by atoms with van der Waals surface area (Å²) in [5.74, 6) is -1.51. The minimum Gasteiger partial charge on any atom is -0.480 e. The standard InChI is InChI=1S/C17H21NO4/c1-9(2)15(17(20)21)18-14(19)7-12-8-22-16-11(4)10(3)5-6-13(12)16/h5-6,8-9,15H,7H2,1-4H3,(H,18,19)(H,20,21)/t15-/m0/s1. The van der Waals surface area contributed by atoms with Crippen LogP contribution in [0.3, 0.4) is 0 Å². The van der Waals surface area contributed by atoms with Crippen molar-refractivity contribution in [2.24, 2.45) is 5.92 Å². The average molecular weight is 303 g/mol. The van der Waals surface area contributed by atoms with Crippen LogP contribution in [0.1, 0.15) is 30.5 Å². The van der Waals surface area contributed by atoms with Gasteiger partial charge in [0.1, 0.15) is 11.6 Å². The Morgan fingerprint density at radius 3 is 2.55 bits per heavy atom. The van der Waals surface area contributed by atoms with E-state index in [4.69, 9.17) is 9.52 Å². The van der Waals surface area contributed by atoms with Crippen LogP contribution in [-0.2, 0) is 16.0 Å².